The number of hydrogen-bond acceptors (Lipinski definition) is 2. The third-order valence-electron chi connectivity index (χ3n) is 3.64. The van der Waals surface area contributed by atoms with E-state index in [-0.39, 0.29) is 0 Å². The van der Waals surface area contributed by atoms with Crippen molar-refractivity contribution in [3.05, 3.63) is 35.4 Å². The molecular formula is C15H21NO. The monoisotopic (exact) mass is 231 g/mol. The Kier molecular flexibility index (Phi) is 3.95. The molecule has 17 heavy (non-hydrogen) atoms. The maximum Gasteiger partial charge on any atom is 0.135 e. The minimum Gasteiger partial charge on any atom is -0.300 e. The van der Waals surface area contributed by atoms with E-state index in [4.69, 9.17) is 0 Å². The van der Waals surface area contributed by atoms with Crippen LogP contribution in [-0.4, -0.2) is 23.3 Å². The molecule has 1 aromatic carbocycles. The molecule has 2 nitrogen and oxygen atoms in total. The van der Waals surface area contributed by atoms with Crippen molar-refractivity contribution in [3.8, 4) is 0 Å². The van der Waals surface area contributed by atoms with E-state index in [2.05, 4.69) is 43.0 Å². The maximum absolute atomic E-state index is 11.3. The first kappa shape index (κ1) is 12.3. The van der Waals surface area contributed by atoms with Crippen molar-refractivity contribution in [2.45, 2.75) is 45.7 Å². The van der Waals surface area contributed by atoms with Gasteiger partial charge in [0, 0.05) is 32.0 Å². The Morgan fingerprint density at radius 2 is 1.88 bits per heavy atom. The molecule has 0 N–H and O–H groups in total. The minimum absolute atomic E-state index is 0.391. The molecule has 1 saturated heterocycles. The Hall–Kier alpha value is -1.15. The Bertz CT molecular complexity index is 382. The number of aryl methyl sites for hydroxylation is 1. The van der Waals surface area contributed by atoms with Crippen LogP contribution in [0.25, 0.3) is 0 Å². The fraction of sp³-hybridized carbons (Fsp3) is 0.533. The van der Waals surface area contributed by atoms with E-state index in [1.807, 2.05) is 0 Å². The lowest BCUT2D eigenvalue weighted by Gasteiger charge is -2.32. The first-order valence-electron chi connectivity index (χ1n) is 6.52. The third-order valence-corrected chi connectivity index (χ3v) is 3.64. The van der Waals surface area contributed by atoms with Gasteiger partial charge in [-0.25, -0.2) is 0 Å². The Labute approximate surface area is 104 Å². The maximum atomic E-state index is 11.3. The van der Waals surface area contributed by atoms with Crippen LogP contribution >= 0.6 is 0 Å². The van der Waals surface area contributed by atoms with Crippen molar-refractivity contribution < 1.29 is 4.79 Å². The van der Waals surface area contributed by atoms with Crippen LogP contribution in [-0.2, 0) is 17.8 Å². The number of ketones is 1. The zero-order chi connectivity index (χ0) is 12.3. The van der Waals surface area contributed by atoms with Gasteiger partial charge in [-0.15, -0.1) is 0 Å². The Morgan fingerprint density at radius 1 is 1.24 bits per heavy atom. The van der Waals surface area contributed by atoms with Gasteiger partial charge in [-0.1, -0.05) is 31.2 Å². The number of benzene rings is 1. The number of carbonyl (C=O) groups excluding carboxylic acids is 1. The number of carbonyl (C=O) groups is 1. The van der Waals surface area contributed by atoms with Gasteiger partial charge in [0.2, 0.25) is 0 Å². The second kappa shape index (κ2) is 5.46. The van der Waals surface area contributed by atoms with E-state index in [0.717, 1.165) is 25.9 Å². The molecule has 1 heterocycles. The zero-order valence-electron chi connectivity index (χ0n) is 10.8. The number of Topliss-reactive ketones (excluding diaryl/α,β-unsaturated/α-hetero) is 1. The highest BCUT2D eigenvalue weighted by atomic mass is 16.1. The third kappa shape index (κ3) is 3.16. The molecule has 0 bridgehead atoms. The van der Waals surface area contributed by atoms with Crippen molar-refractivity contribution >= 4 is 5.78 Å². The molecule has 1 fully saturated rings. The average Bonchev–Trinajstić information content (AvgIpc) is 2.34. The topological polar surface area (TPSA) is 20.3 Å². The van der Waals surface area contributed by atoms with Crippen LogP contribution in [0.15, 0.2) is 24.3 Å². The molecule has 92 valence electrons. The molecule has 1 unspecified atom stereocenters. The van der Waals surface area contributed by atoms with Gasteiger partial charge in [0.25, 0.3) is 0 Å². The summed E-state index contributed by atoms with van der Waals surface area (Å²) in [6.07, 6.45) is 2.53. The van der Waals surface area contributed by atoms with Crippen molar-refractivity contribution in [2.75, 3.05) is 6.54 Å². The standard InChI is InChI=1S/C15H21NO/c1-3-13-4-6-14(7-5-13)11-16-9-8-15(17)10-12(16)2/h4-7,12H,3,8-11H2,1-2H3. The number of hydrogen-bond donors (Lipinski definition) is 0. The fourth-order valence-corrected chi connectivity index (χ4v) is 2.40. The molecule has 1 aliphatic rings. The Balaban J connectivity index is 1.97. The first-order chi connectivity index (χ1) is 8.19. The van der Waals surface area contributed by atoms with Crippen LogP contribution in [0.1, 0.15) is 37.8 Å². The van der Waals surface area contributed by atoms with E-state index >= 15 is 0 Å². The van der Waals surface area contributed by atoms with Crippen molar-refractivity contribution in [3.63, 3.8) is 0 Å². The quantitative estimate of drug-likeness (QED) is 0.797. The lowest BCUT2D eigenvalue weighted by molar-refractivity contribution is -0.123. The molecule has 2 heteroatoms. The summed E-state index contributed by atoms with van der Waals surface area (Å²) in [6.45, 7) is 6.21. The molecule has 0 amide bonds. The van der Waals surface area contributed by atoms with Gasteiger partial charge in [0.05, 0.1) is 0 Å². The largest absolute Gasteiger partial charge is 0.300 e. The van der Waals surface area contributed by atoms with Crippen LogP contribution in [0.2, 0.25) is 0 Å². The highest BCUT2D eigenvalue weighted by molar-refractivity contribution is 5.79. The summed E-state index contributed by atoms with van der Waals surface area (Å²) in [7, 11) is 0. The molecule has 2 rings (SSSR count). The molecule has 0 radical (unpaired) electrons. The van der Waals surface area contributed by atoms with Crippen LogP contribution in [0.3, 0.4) is 0 Å². The number of nitrogens with zero attached hydrogens (tertiary/aromatic N) is 1. The van der Waals surface area contributed by atoms with E-state index in [1.54, 1.807) is 0 Å². The van der Waals surface area contributed by atoms with Crippen molar-refractivity contribution in [1.82, 2.24) is 4.90 Å². The molecular weight excluding hydrogens is 210 g/mol. The van der Waals surface area contributed by atoms with E-state index in [0.29, 0.717) is 18.2 Å². The summed E-state index contributed by atoms with van der Waals surface area (Å²) in [6, 6.07) is 9.22. The van der Waals surface area contributed by atoms with Gasteiger partial charge in [-0.2, -0.15) is 0 Å². The summed E-state index contributed by atoms with van der Waals surface area (Å²) in [5.41, 5.74) is 2.74. The summed E-state index contributed by atoms with van der Waals surface area (Å²) in [5.74, 6) is 0.412. The second-order valence-corrected chi connectivity index (χ2v) is 4.98. The lowest BCUT2D eigenvalue weighted by atomic mass is 10.0. The van der Waals surface area contributed by atoms with Crippen LogP contribution in [0, 0.1) is 0 Å². The van der Waals surface area contributed by atoms with Gasteiger partial charge in [0.1, 0.15) is 5.78 Å². The van der Waals surface area contributed by atoms with Gasteiger partial charge < -0.3 is 0 Å². The molecule has 0 aliphatic carbocycles. The molecule has 1 aliphatic heterocycles. The van der Waals surface area contributed by atoms with Gasteiger partial charge in [-0.3, -0.25) is 9.69 Å². The predicted octanol–water partition coefficient (Wildman–Crippen LogP) is 2.80. The average molecular weight is 231 g/mol. The van der Waals surface area contributed by atoms with E-state index < -0.39 is 0 Å². The molecule has 1 atom stereocenters. The smallest absolute Gasteiger partial charge is 0.135 e. The van der Waals surface area contributed by atoms with E-state index in [9.17, 15) is 4.79 Å². The molecule has 0 aromatic heterocycles. The van der Waals surface area contributed by atoms with Crippen LogP contribution in [0.5, 0.6) is 0 Å². The predicted molar refractivity (Wildman–Crippen MR) is 69.9 cm³/mol. The highest BCUT2D eigenvalue weighted by Gasteiger charge is 2.23. The summed E-state index contributed by atoms with van der Waals surface area (Å²) in [4.78, 5) is 13.7. The minimum atomic E-state index is 0.391. The SMILES string of the molecule is CCc1ccc(CN2CCC(=O)CC2C)cc1. The lowest BCUT2D eigenvalue weighted by Crippen LogP contribution is -2.40. The number of rotatable bonds is 3. The molecule has 1 aromatic rings. The van der Waals surface area contributed by atoms with Gasteiger partial charge >= 0.3 is 0 Å². The fourth-order valence-electron chi connectivity index (χ4n) is 2.40. The van der Waals surface area contributed by atoms with Crippen molar-refractivity contribution in [1.29, 1.82) is 0 Å². The van der Waals surface area contributed by atoms with E-state index in [1.165, 1.54) is 11.1 Å². The molecule has 0 saturated carbocycles. The Morgan fingerprint density at radius 3 is 2.47 bits per heavy atom. The molecule has 0 spiro atoms. The highest BCUT2D eigenvalue weighted by Crippen LogP contribution is 2.17. The zero-order valence-corrected chi connectivity index (χ0v) is 10.8. The summed E-state index contributed by atoms with van der Waals surface area (Å²) in [5, 5.41) is 0. The van der Waals surface area contributed by atoms with Crippen molar-refractivity contribution in [2.24, 2.45) is 0 Å². The van der Waals surface area contributed by atoms with Gasteiger partial charge in [-0.05, 0) is 24.5 Å². The van der Waals surface area contributed by atoms with Crippen LogP contribution in [0.4, 0.5) is 0 Å². The summed E-state index contributed by atoms with van der Waals surface area (Å²) < 4.78 is 0. The van der Waals surface area contributed by atoms with Gasteiger partial charge in [0.15, 0.2) is 0 Å². The number of piperidine rings is 1. The summed E-state index contributed by atoms with van der Waals surface area (Å²) >= 11 is 0. The first-order valence-corrected chi connectivity index (χ1v) is 6.52. The second-order valence-electron chi connectivity index (χ2n) is 4.98. The number of likely N-dealkylation sites (tertiary alicyclic amines) is 1. The van der Waals surface area contributed by atoms with Crippen LogP contribution < -0.4 is 0 Å². The normalized spacial score (nSPS) is 21.8.